The average molecular weight is 251 g/mol. The standard InChI is InChI=1S/C14H21NO3/c1-9(2)10-4-5-13(16-3)12(6-10)14-17-7-11(15)8-18-14/h4-6,9,11,14H,7-8,15H2,1-3H3. The zero-order valence-corrected chi connectivity index (χ0v) is 11.2. The molecule has 4 heteroatoms. The molecule has 0 amide bonds. The molecule has 1 aliphatic rings. The minimum atomic E-state index is -0.376. The van der Waals surface area contributed by atoms with E-state index in [9.17, 15) is 0 Å². The minimum absolute atomic E-state index is 0.0412. The van der Waals surface area contributed by atoms with E-state index in [-0.39, 0.29) is 12.3 Å². The van der Waals surface area contributed by atoms with Crippen molar-refractivity contribution in [1.82, 2.24) is 0 Å². The third-order valence-electron chi connectivity index (χ3n) is 3.10. The summed E-state index contributed by atoms with van der Waals surface area (Å²) in [7, 11) is 1.66. The number of nitrogens with two attached hydrogens (primary N) is 1. The first-order chi connectivity index (χ1) is 8.61. The maximum Gasteiger partial charge on any atom is 0.187 e. The molecule has 0 aliphatic carbocycles. The quantitative estimate of drug-likeness (QED) is 0.894. The molecule has 18 heavy (non-hydrogen) atoms. The van der Waals surface area contributed by atoms with Crippen LogP contribution in [-0.2, 0) is 9.47 Å². The molecule has 1 aliphatic heterocycles. The van der Waals surface area contributed by atoms with Crippen LogP contribution in [0.25, 0.3) is 0 Å². The van der Waals surface area contributed by atoms with E-state index in [1.165, 1.54) is 5.56 Å². The normalized spacial score (nSPS) is 24.3. The summed E-state index contributed by atoms with van der Waals surface area (Å²) >= 11 is 0. The van der Waals surface area contributed by atoms with Gasteiger partial charge in [-0.3, -0.25) is 0 Å². The Kier molecular flexibility index (Phi) is 4.22. The summed E-state index contributed by atoms with van der Waals surface area (Å²) in [4.78, 5) is 0. The lowest BCUT2D eigenvalue weighted by molar-refractivity contribution is -0.190. The molecule has 0 atom stereocenters. The summed E-state index contributed by atoms with van der Waals surface area (Å²) in [6.45, 7) is 5.34. The predicted molar refractivity (Wildman–Crippen MR) is 69.7 cm³/mol. The lowest BCUT2D eigenvalue weighted by Gasteiger charge is -2.28. The van der Waals surface area contributed by atoms with Crippen molar-refractivity contribution >= 4 is 0 Å². The van der Waals surface area contributed by atoms with Crippen molar-refractivity contribution in [3.8, 4) is 5.75 Å². The van der Waals surface area contributed by atoms with E-state index in [2.05, 4.69) is 26.0 Å². The molecular formula is C14H21NO3. The molecule has 0 bridgehead atoms. The van der Waals surface area contributed by atoms with Crippen molar-refractivity contribution < 1.29 is 14.2 Å². The summed E-state index contributed by atoms with van der Waals surface area (Å²) in [5.74, 6) is 1.25. The van der Waals surface area contributed by atoms with Crippen LogP contribution in [-0.4, -0.2) is 26.4 Å². The Bertz CT molecular complexity index is 398. The van der Waals surface area contributed by atoms with E-state index in [0.717, 1.165) is 11.3 Å². The minimum Gasteiger partial charge on any atom is -0.496 e. The number of ether oxygens (including phenoxy) is 3. The van der Waals surface area contributed by atoms with Gasteiger partial charge >= 0.3 is 0 Å². The summed E-state index contributed by atoms with van der Waals surface area (Å²) in [5, 5.41) is 0. The molecule has 100 valence electrons. The molecule has 0 unspecified atom stereocenters. The number of benzene rings is 1. The fraction of sp³-hybridized carbons (Fsp3) is 0.571. The first-order valence-electron chi connectivity index (χ1n) is 6.28. The largest absolute Gasteiger partial charge is 0.496 e. The van der Waals surface area contributed by atoms with Gasteiger partial charge in [0.15, 0.2) is 6.29 Å². The van der Waals surface area contributed by atoms with Crippen LogP contribution in [0.4, 0.5) is 0 Å². The summed E-state index contributed by atoms with van der Waals surface area (Å²) in [5.41, 5.74) is 7.93. The van der Waals surface area contributed by atoms with Gasteiger partial charge in [0.1, 0.15) is 5.75 Å². The molecule has 1 saturated heterocycles. The molecule has 0 spiro atoms. The van der Waals surface area contributed by atoms with Crippen LogP contribution in [0.2, 0.25) is 0 Å². The van der Waals surface area contributed by atoms with Crippen LogP contribution in [0.15, 0.2) is 18.2 Å². The molecule has 1 fully saturated rings. The van der Waals surface area contributed by atoms with Gasteiger partial charge in [-0.05, 0) is 23.6 Å². The van der Waals surface area contributed by atoms with Gasteiger partial charge in [0.2, 0.25) is 0 Å². The highest BCUT2D eigenvalue weighted by atomic mass is 16.7. The third kappa shape index (κ3) is 2.83. The first kappa shape index (κ1) is 13.3. The van der Waals surface area contributed by atoms with Gasteiger partial charge in [-0.1, -0.05) is 19.9 Å². The Balaban J connectivity index is 2.26. The van der Waals surface area contributed by atoms with Gasteiger partial charge in [-0.15, -0.1) is 0 Å². The van der Waals surface area contributed by atoms with E-state index in [4.69, 9.17) is 19.9 Å². The van der Waals surface area contributed by atoms with Crippen LogP contribution in [0, 0.1) is 0 Å². The first-order valence-corrected chi connectivity index (χ1v) is 6.28. The Hall–Kier alpha value is -1.10. The summed E-state index contributed by atoms with van der Waals surface area (Å²) in [6, 6.07) is 6.08. The van der Waals surface area contributed by atoms with Crippen molar-refractivity contribution in [2.45, 2.75) is 32.1 Å². The van der Waals surface area contributed by atoms with E-state index < -0.39 is 0 Å². The lowest BCUT2D eigenvalue weighted by Crippen LogP contribution is -2.38. The molecule has 1 heterocycles. The molecular weight excluding hydrogens is 230 g/mol. The number of methoxy groups -OCH3 is 1. The van der Waals surface area contributed by atoms with Crippen molar-refractivity contribution in [2.24, 2.45) is 5.73 Å². The second-order valence-corrected chi connectivity index (χ2v) is 4.91. The van der Waals surface area contributed by atoms with E-state index in [0.29, 0.717) is 19.1 Å². The highest BCUT2D eigenvalue weighted by Gasteiger charge is 2.24. The Morgan fingerprint density at radius 3 is 2.50 bits per heavy atom. The van der Waals surface area contributed by atoms with Crippen molar-refractivity contribution in [3.05, 3.63) is 29.3 Å². The SMILES string of the molecule is COc1ccc(C(C)C)cc1C1OCC(N)CO1. The monoisotopic (exact) mass is 251 g/mol. The summed E-state index contributed by atoms with van der Waals surface area (Å²) in [6.07, 6.45) is -0.376. The van der Waals surface area contributed by atoms with E-state index in [1.807, 2.05) is 6.07 Å². The topological polar surface area (TPSA) is 53.7 Å². The maximum atomic E-state index is 5.74. The molecule has 0 aromatic heterocycles. The molecule has 4 nitrogen and oxygen atoms in total. The van der Waals surface area contributed by atoms with Gasteiger partial charge in [0, 0.05) is 5.56 Å². The molecule has 1 aromatic carbocycles. The Labute approximate surface area is 108 Å². The number of hydrogen-bond donors (Lipinski definition) is 1. The second-order valence-electron chi connectivity index (χ2n) is 4.91. The highest BCUT2D eigenvalue weighted by Crippen LogP contribution is 2.33. The second kappa shape index (κ2) is 5.69. The van der Waals surface area contributed by atoms with Crippen LogP contribution >= 0.6 is 0 Å². The average Bonchev–Trinajstić information content (AvgIpc) is 2.39. The van der Waals surface area contributed by atoms with Crippen molar-refractivity contribution in [2.75, 3.05) is 20.3 Å². The smallest absolute Gasteiger partial charge is 0.187 e. The highest BCUT2D eigenvalue weighted by molar-refractivity contribution is 5.39. The Morgan fingerprint density at radius 2 is 1.94 bits per heavy atom. The molecule has 0 radical (unpaired) electrons. The molecule has 2 N–H and O–H groups in total. The molecule has 2 rings (SSSR count). The van der Waals surface area contributed by atoms with Gasteiger partial charge < -0.3 is 19.9 Å². The lowest BCUT2D eigenvalue weighted by atomic mass is 10.00. The van der Waals surface area contributed by atoms with Crippen LogP contribution < -0.4 is 10.5 Å². The third-order valence-corrected chi connectivity index (χ3v) is 3.10. The Morgan fingerprint density at radius 1 is 1.28 bits per heavy atom. The molecule has 0 saturated carbocycles. The fourth-order valence-corrected chi connectivity index (χ4v) is 1.99. The maximum absolute atomic E-state index is 5.74. The van der Waals surface area contributed by atoms with Gasteiger partial charge in [-0.2, -0.15) is 0 Å². The van der Waals surface area contributed by atoms with Crippen LogP contribution in [0.5, 0.6) is 5.75 Å². The van der Waals surface area contributed by atoms with E-state index in [1.54, 1.807) is 7.11 Å². The van der Waals surface area contributed by atoms with Crippen molar-refractivity contribution in [1.29, 1.82) is 0 Å². The number of hydrogen-bond acceptors (Lipinski definition) is 4. The summed E-state index contributed by atoms with van der Waals surface area (Å²) < 4.78 is 16.6. The molecule has 1 aromatic rings. The fourth-order valence-electron chi connectivity index (χ4n) is 1.99. The van der Waals surface area contributed by atoms with Gasteiger partial charge in [-0.25, -0.2) is 0 Å². The predicted octanol–water partition coefficient (Wildman–Crippen LogP) is 2.19. The van der Waals surface area contributed by atoms with Crippen LogP contribution in [0.3, 0.4) is 0 Å². The zero-order valence-electron chi connectivity index (χ0n) is 11.2. The number of rotatable bonds is 3. The van der Waals surface area contributed by atoms with E-state index >= 15 is 0 Å². The van der Waals surface area contributed by atoms with Gasteiger partial charge in [0.25, 0.3) is 0 Å². The zero-order chi connectivity index (χ0) is 13.1. The van der Waals surface area contributed by atoms with Crippen molar-refractivity contribution in [3.63, 3.8) is 0 Å². The van der Waals surface area contributed by atoms with Gasteiger partial charge in [0.05, 0.1) is 26.4 Å². The van der Waals surface area contributed by atoms with Crippen LogP contribution in [0.1, 0.15) is 37.2 Å².